The van der Waals surface area contributed by atoms with Crippen molar-refractivity contribution in [1.82, 2.24) is 15.3 Å². The monoisotopic (exact) mass is 264 g/mol. The smallest absolute Gasteiger partial charge is 0.252 e. The van der Waals surface area contributed by atoms with Crippen LogP contribution in [0.1, 0.15) is 32.5 Å². The van der Waals surface area contributed by atoms with Crippen molar-refractivity contribution in [2.75, 3.05) is 25.0 Å². The first-order valence-electron chi connectivity index (χ1n) is 7.16. The van der Waals surface area contributed by atoms with Crippen molar-refractivity contribution in [2.24, 2.45) is 5.92 Å². The quantitative estimate of drug-likeness (QED) is 0.856. The average molecular weight is 264 g/mol. The Kier molecular flexibility index (Phi) is 4.58. The highest BCUT2D eigenvalue weighted by Crippen LogP contribution is 2.23. The summed E-state index contributed by atoms with van der Waals surface area (Å²) in [6, 6.07) is 2.17. The summed E-state index contributed by atoms with van der Waals surface area (Å²) in [4.78, 5) is 21.1. The summed E-state index contributed by atoms with van der Waals surface area (Å²) in [5, 5.41) is 3.33. The molecule has 1 aliphatic rings. The first-order valence-corrected chi connectivity index (χ1v) is 7.16. The number of nitrogens with zero attached hydrogens (tertiary/aromatic N) is 2. The molecule has 1 unspecified atom stereocenters. The van der Waals surface area contributed by atoms with Crippen molar-refractivity contribution in [1.29, 1.82) is 0 Å². The Morgan fingerprint density at radius 1 is 1.53 bits per heavy atom. The maximum Gasteiger partial charge on any atom is 0.252 e. The van der Waals surface area contributed by atoms with E-state index >= 15 is 0 Å². The number of aromatic amines is 1. The molecular formula is C14H24N4O. The van der Waals surface area contributed by atoms with Crippen LogP contribution in [0.4, 0.5) is 5.82 Å². The lowest BCUT2D eigenvalue weighted by atomic mass is 9.90. The lowest BCUT2D eigenvalue weighted by molar-refractivity contribution is 0.323. The standard InChI is InChI=1S/C14H24N4O/c1-4-12-16-13(9-14(19)17-12)18-7-5-11(6-8-18)10(2)15-3/h9-11,15H,4-8H2,1-3H3,(H,16,17,19). The van der Waals surface area contributed by atoms with Crippen molar-refractivity contribution in [3.05, 3.63) is 22.2 Å². The van der Waals surface area contributed by atoms with E-state index in [-0.39, 0.29) is 5.56 Å². The second kappa shape index (κ2) is 6.19. The molecule has 0 radical (unpaired) electrons. The number of nitrogens with one attached hydrogen (secondary N) is 2. The van der Waals surface area contributed by atoms with Crippen molar-refractivity contribution in [2.45, 2.75) is 39.2 Å². The lowest BCUT2D eigenvalue weighted by Crippen LogP contribution is -2.41. The van der Waals surface area contributed by atoms with Gasteiger partial charge in [-0.1, -0.05) is 6.92 Å². The minimum atomic E-state index is -0.0485. The second-order valence-electron chi connectivity index (χ2n) is 5.31. The maximum atomic E-state index is 11.6. The average Bonchev–Trinajstić information content (AvgIpc) is 2.46. The number of H-pyrrole nitrogens is 1. The second-order valence-corrected chi connectivity index (χ2v) is 5.31. The molecule has 0 spiro atoms. The molecule has 1 fully saturated rings. The highest BCUT2D eigenvalue weighted by atomic mass is 16.1. The molecule has 1 aliphatic heterocycles. The summed E-state index contributed by atoms with van der Waals surface area (Å²) in [6.07, 6.45) is 3.06. The molecule has 5 heteroatoms. The van der Waals surface area contributed by atoms with E-state index in [0.29, 0.717) is 12.0 Å². The van der Waals surface area contributed by atoms with Gasteiger partial charge in [-0.3, -0.25) is 4.79 Å². The van der Waals surface area contributed by atoms with Gasteiger partial charge in [-0.25, -0.2) is 4.98 Å². The lowest BCUT2D eigenvalue weighted by Gasteiger charge is -2.35. The van der Waals surface area contributed by atoms with Crippen LogP contribution in [0, 0.1) is 5.92 Å². The molecule has 2 rings (SSSR count). The Bertz CT molecular complexity index is 463. The Hall–Kier alpha value is -1.36. The normalized spacial score (nSPS) is 18.6. The van der Waals surface area contributed by atoms with Gasteiger partial charge in [-0.05, 0) is 32.7 Å². The van der Waals surface area contributed by atoms with Crippen molar-refractivity contribution in [3.8, 4) is 0 Å². The van der Waals surface area contributed by atoms with Crippen LogP contribution >= 0.6 is 0 Å². The molecule has 1 aromatic rings. The zero-order valence-corrected chi connectivity index (χ0v) is 12.1. The van der Waals surface area contributed by atoms with Gasteiger partial charge in [0, 0.05) is 31.6 Å². The molecule has 0 aliphatic carbocycles. The van der Waals surface area contributed by atoms with Gasteiger partial charge in [0.05, 0.1) is 0 Å². The molecule has 0 amide bonds. The number of aryl methyl sites for hydroxylation is 1. The summed E-state index contributed by atoms with van der Waals surface area (Å²) in [5.74, 6) is 2.32. The van der Waals surface area contributed by atoms with Gasteiger partial charge in [-0.15, -0.1) is 0 Å². The molecule has 5 nitrogen and oxygen atoms in total. The van der Waals surface area contributed by atoms with E-state index in [2.05, 4.69) is 27.1 Å². The number of anilines is 1. The third kappa shape index (κ3) is 3.35. The van der Waals surface area contributed by atoms with Crippen LogP contribution in [-0.4, -0.2) is 36.1 Å². The molecule has 1 atom stereocenters. The van der Waals surface area contributed by atoms with E-state index in [0.717, 1.165) is 44.0 Å². The fourth-order valence-corrected chi connectivity index (χ4v) is 2.69. The highest BCUT2D eigenvalue weighted by molar-refractivity contribution is 5.38. The summed E-state index contributed by atoms with van der Waals surface area (Å²) >= 11 is 0. The predicted molar refractivity (Wildman–Crippen MR) is 77.7 cm³/mol. The molecule has 0 bridgehead atoms. The molecule has 106 valence electrons. The largest absolute Gasteiger partial charge is 0.356 e. The Balaban J connectivity index is 2.05. The molecule has 2 N–H and O–H groups in total. The first-order chi connectivity index (χ1) is 9.13. The van der Waals surface area contributed by atoms with Crippen LogP contribution < -0.4 is 15.8 Å². The molecular weight excluding hydrogens is 240 g/mol. The molecule has 2 heterocycles. The van der Waals surface area contributed by atoms with E-state index in [4.69, 9.17) is 0 Å². The zero-order chi connectivity index (χ0) is 13.8. The van der Waals surface area contributed by atoms with Gasteiger partial charge in [0.25, 0.3) is 5.56 Å². The van der Waals surface area contributed by atoms with E-state index < -0.39 is 0 Å². The van der Waals surface area contributed by atoms with E-state index in [1.165, 1.54) is 0 Å². The first kappa shape index (κ1) is 14.1. The van der Waals surface area contributed by atoms with Gasteiger partial charge >= 0.3 is 0 Å². The Morgan fingerprint density at radius 2 is 2.21 bits per heavy atom. The summed E-state index contributed by atoms with van der Waals surface area (Å²) in [5.41, 5.74) is -0.0485. The van der Waals surface area contributed by atoms with Gasteiger partial charge < -0.3 is 15.2 Å². The zero-order valence-electron chi connectivity index (χ0n) is 12.1. The van der Waals surface area contributed by atoms with E-state index in [1.54, 1.807) is 6.07 Å². The van der Waals surface area contributed by atoms with Gasteiger partial charge in [-0.2, -0.15) is 0 Å². The number of hydrogen-bond donors (Lipinski definition) is 2. The third-order valence-corrected chi connectivity index (χ3v) is 4.14. The van der Waals surface area contributed by atoms with Crippen LogP contribution in [0.25, 0.3) is 0 Å². The molecule has 1 saturated heterocycles. The van der Waals surface area contributed by atoms with Gasteiger partial charge in [0.2, 0.25) is 0 Å². The Labute approximate surface area is 114 Å². The van der Waals surface area contributed by atoms with Crippen molar-refractivity contribution in [3.63, 3.8) is 0 Å². The van der Waals surface area contributed by atoms with Gasteiger partial charge in [0.15, 0.2) is 0 Å². The fourth-order valence-electron chi connectivity index (χ4n) is 2.69. The number of rotatable bonds is 4. The highest BCUT2D eigenvalue weighted by Gasteiger charge is 2.23. The molecule has 0 aromatic carbocycles. The van der Waals surface area contributed by atoms with Crippen LogP contribution in [0.2, 0.25) is 0 Å². The van der Waals surface area contributed by atoms with Crippen LogP contribution in [0.5, 0.6) is 0 Å². The molecule has 19 heavy (non-hydrogen) atoms. The van der Waals surface area contributed by atoms with Crippen molar-refractivity contribution < 1.29 is 0 Å². The maximum absolute atomic E-state index is 11.6. The van der Waals surface area contributed by atoms with Crippen molar-refractivity contribution >= 4 is 5.82 Å². The SMILES string of the molecule is CCc1nc(N2CCC(C(C)NC)CC2)cc(=O)[nH]1. The number of hydrogen-bond acceptors (Lipinski definition) is 4. The Morgan fingerprint density at radius 3 is 2.79 bits per heavy atom. The molecule has 1 aromatic heterocycles. The predicted octanol–water partition coefficient (Wildman–Crippen LogP) is 1.16. The third-order valence-electron chi connectivity index (χ3n) is 4.14. The summed E-state index contributed by atoms with van der Waals surface area (Å²) < 4.78 is 0. The van der Waals surface area contributed by atoms with Crippen LogP contribution in [0.3, 0.4) is 0 Å². The van der Waals surface area contributed by atoms with Crippen LogP contribution in [-0.2, 0) is 6.42 Å². The molecule has 0 saturated carbocycles. The van der Waals surface area contributed by atoms with Gasteiger partial charge in [0.1, 0.15) is 11.6 Å². The summed E-state index contributed by atoms with van der Waals surface area (Å²) in [7, 11) is 2.02. The summed E-state index contributed by atoms with van der Waals surface area (Å²) in [6.45, 7) is 6.20. The fraction of sp³-hybridized carbons (Fsp3) is 0.714. The van der Waals surface area contributed by atoms with Crippen LogP contribution in [0.15, 0.2) is 10.9 Å². The number of piperidine rings is 1. The number of aromatic nitrogens is 2. The minimum absolute atomic E-state index is 0.0485. The minimum Gasteiger partial charge on any atom is -0.356 e. The van der Waals surface area contributed by atoms with E-state index in [9.17, 15) is 4.79 Å². The van der Waals surface area contributed by atoms with E-state index in [1.807, 2.05) is 14.0 Å². The topological polar surface area (TPSA) is 61.0 Å².